The molecule has 0 radical (unpaired) electrons. The summed E-state index contributed by atoms with van der Waals surface area (Å²) in [5, 5.41) is 3.20. The lowest BCUT2D eigenvalue weighted by Crippen LogP contribution is -2.06. The Morgan fingerprint density at radius 2 is 2.25 bits per heavy atom. The molecule has 0 aliphatic carbocycles. The zero-order valence-corrected chi connectivity index (χ0v) is 7.39. The fourth-order valence-electron chi connectivity index (χ4n) is 0.485. The van der Waals surface area contributed by atoms with Gasteiger partial charge in [-0.05, 0) is 6.92 Å². The fraction of sp³-hybridized carbons (Fsp3) is 0.250. The van der Waals surface area contributed by atoms with Gasteiger partial charge in [0, 0.05) is 0 Å². The number of hydrogen-bond acceptors (Lipinski definition) is 5. The minimum absolute atomic E-state index is 0.0902. The zero-order chi connectivity index (χ0) is 9.35. The van der Waals surface area contributed by atoms with Crippen molar-refractivity contribution in [2.24, 2.45) is 0 Å². The Morgan fingerprint density at radius 3 is 2.58 bits per heavy atom. The summed E-state index contributed by atoms with van der Waals surface area (Å²) in [5.41, 5.74) is 0.273. The SMILES string of the molecule is Cc1noc(OS(=O)(=O)O)c1Cl. The predicted molar refractivity (Wildman–Crippen MR) is 38.4 cm³/mol. The van der Waals surface area contributed by atoms with Gasteiger partial charge in [0.05, 0.1) is 0 Å². The largest absolute Gasteiger partial charge is 0.449 e. The van der Waals surface area contributed by atoms with E-state index in [1.165, 1.54) is 6.92 Å². The van der Waals surface area contributed by atoms with Gasteiger partial charge in [-0.3, -0.25) is 4.55 Å². The molecule has 8 heteroatoms. The van der Waals surface area contributed by atoms with E-state index in [2.05, 4.69) is 13.9 Å². The molecule has 0 fully saturated rings. The molecule has 0 unspecified atom stereocenters. The monoisotopic (exact) mass is 213 g/mol. The molecule has 1 aromatic heterocycles. The van der Waals surface area contributed by atoms with E-state index in [-0.39, 0.29) is 10.7 Å². The Balaban J connectivity index is 2.99. The second kappa shape index (κ2) is 2.92. The molecule has 0 bridgehead atoms. The van der Waals surface area contributed by atoms with Crippen molar-refractivity contribution in [2.75, 3.05) is 0 Å². The number of halogens is 1. The lowest BCUT2D eigenvalue weighted by molar-refractivity contribution is 0.292. The number of aromatic nitrogens is 1. The lowest BCUT2D eigenvalue weighted by Gasteiger charge is -1.93. The molecular weight excluding hydrogens is 210 g/mol. The molecule has 1 N–H and O–H groups in total. The smallest absolute Gasteiger partial charge is 0.321 e. The van der Waals surface area contributed by atoms with Crippen molar-refractivity contribution < 1.29 is 21.7 Å². The van der Waals surface area contributed by atoms with Gasteiger partial charge in [0.1, 0.15) is 10.7 Å². The van der Waals surface area contributed by atoms with E-state index in [9.17, 15) is 8.42 Å². The molecule has 0 atom stereocenters. The highest BCUT2D eigenvalue weighted by Crippen LogP contribution is 2.27. The topological polar surface area (TPSA) is 89.6 Å². The first-order valence-electron chi connectivity index (χ1n) is 2.69. The average Bonchev–Trinajstić information content (AvgIpc) is 2.16. The van der Waals surface area contributed by atoms with Crippen LogP contribution in [-0.2, 0) is 10.4 Å². The molecule has 0 aliphatic heterocycles. The van der Waals surface area contributed by atoms with Crippen LogP contribution < -0.4 is 4.18 Å². The molecule has 1 heterocycles. The first kappa shape index (κ1) is 9.30. The van der Waals surface area contributed by atoms with Crippen molar-refractivity contribution in [1.29, 1.82) is 0 Å². The summed E-state index contributed by atoms with van der Waals surface area (Å²) in [5.74, 6) is -0.545. The van der Waals surface area contributed by atoms with Crippen molar-refractivity contribution in [3.63, 3.8) is 0 Å². The van der Waals surface area contributed by atoms with Crippen LogP contribution in [-0.4, -0.2) is 18.1 Å². The summed E-state index contributed by atoms with van der Waals surface area (Å²) in [6.45, 7) is 1.49. The van der Waals surface area contributed by atoms with E-state index in [0.29, 0.717) is 0 Å². The molecule has 0 saturated heterocycles. The van der Waals surface area contributed by atoms with E-state index in [4.69, 9.17) is 16.2 Å². The predicted octanol–water partition coefficient (Wildman–Crippen LogP) is 0.818. The second-order valence-electron chi connectivity index (χ2n) is 1.88. The van der Waals surface area contributed by atoms with Crippen molar-refractivity contribution in [3.8, 4) is 5.95 Å². The normalized spacial score (nSPS) is 11.6. The van der Waals surface area contributed by atoms with Crippen molar-refractivity contribution in [3.05, 3.63) is 10.7 Å². The standard InChI is InChI=1S/C4H4ClNO5S/c1-2-3(5)4(10-6-2)11-12(7,8)9/h1H3,(H,7,8,9). The quantitative estimate of drug-likeness (QED) is 0.732. The van der Waals surface area contributed by atoms with Gasteiger partial charge in [0.25, 0.3) is 0 Å². The Labute approximate surface area is 73.0 Å². The molecular formula is C4H4ClNO5S. The Kier molecular flexibility index (Phi) is 2.27. The van der Waals surface area contributed by atoms with E-state index in [0.717, 1.165) is 0 Å². The Bertz CT molecular complexity index is 382. The first-order chi connectivity index (χ1) is 5.40. The van der Waals surface area contributed by atoms with E-state index < -0.39 is 16.3 Å². The van der Waals surface area contributed by atoms with E-state index in [1.54, 1.807) is 0 Å². The van der Waals surface area contributed by atoms with Gasteiger partial charge in [0.15, 0.2) is 0 Å². The van der Waals surface area contributed by atoms with Gasteiger partial charge in [-0.1, -0.05) is 16.8 Å². The van der Waals surface area contributed by atoms with Crippen molar-refractivity contribution >= 4 is 22.0 Å². The molecule has 6 nitrogen and oxygen atoms in total. The van der Waals surface area contributed by atoms with Crippen LogP contribution in [0.3, 0.4) is 0 Å². The summed E-state index contributed by atoms with van der Waals surface area (Å²) in [6.07, 6.45) is 0. The van der Waals surface area contributed by atoms with Gasteiger partial charge in [-0.15, -0.1) is 0 Å². The van der Waals surface area contributed by atoms with Gasteiger partial charge in [0.2, 0.25) is 0 Å². The summed E-state index contributed by atoms with van der Waals surface area (Å²) in [7, 11) is -4.60. The first-order valence-corrected chi connectivity index (χ1v) is 4.43. The third kappa shape index (κ3) is 2.10. The second-order valence-corrected chi connectivity index (χ2v) is 3.28. The maximum atomic E-state index is 10.1. The van der Waals surface area contributed by atoms with Crippen LogP contribution in [0, 0.1) is 6.92 Å². The molecule has 0 aromatic carbocycles. The summed E-state index contributed by atoms with van der Waals surface area (Å²) < 4.78 is 36.8. The molecule has 0 saturated carbocycles. The van der Waals surface area contributed by atoms with Crippen LogP contribution in [0.4, 0.5) is 0 Å². The van der Waals surface area contributed by atoms with Crippen LogP contribution in [0.15, 0.2) is 4.52 Å². The summed E-state index contributed by atoms with van der Waals surface area (Å²) >= 11 is 5.46. The molecule has 1 rings (SSSR count). The third-order valence-electron chi connectivity index (χ3n) is 0.943. The third-order valence-corrected chi connectivity index (χ3v) is 1.73. The molecule has 0 amide bonds. The lowest BCUT2D eigenvalue weighted by atomic mass is 10.5. The summed E-state index contributed by atoms with van der Waals surface area (Å²) in [6, 6.07) is 0. The highest BCUT2D eigenvalue weighted by atomic mass is 35.5. The maximum absolute atomic E-state index is 10.1. The van der Waals surface area contributed by atoms with Crippen molar-refractivity contribution in [1.82, 2.24) is 5.16 Å². The van der Waals surface area contributed by atoms with Gasteiger partial charge in [-0.2, -0.15) is 8.42 Å². The minimum atomic E-state index is -4.60. The summed E-state index contributed by atoms with van der Waals surface area (Å²) in [4.78, 5) is 0. The fourth-order valence-corrected chi connectivity index (χ4v) is 0.944. The molecule has 1 aromatic rings. The number of hydrogen-bond donors (Lipinski definition) is 1. The van der Waals surface area contributed by atoms with Crippen molar-refractivity contribution in [2.45, 2.75) is 6.92 Å². The number of aryl methyl sites for hydroxylation is 1. The van der Waals surface area contributed by atoms with Crippen LogP contribution in [0.5, 0.6) is 5.95 Å². The molecule has 0 spiro atoms. The van der Waals surface area contributed by atoms with Crippen LogP contribution in [0.25, 0.3) is 0 Å². The van der Waals surface area contributed by atoms with Gasteiger partial charge < -0.3 is 8.71 Å². The van der Waals surface area contributed by atoms with E-state index in [1.807, 2.05) is 0 Å². The molecule has 12 heavy (non-hydrogen) atoms. The van der Waals surface area contributed by atoms with Crippen LogP contribution in [0.2, 0.25) is 5.02 Å². The van der Waals surface area contributed by atoms with Gasteiger partial charge in [-0.25, -0.2) is 0 Å². The highest BCUT2D eigenvalue weighted by Gasteiger charge is 2.17. The number of rotatable bonds is 2. The number of nitrogens with zero attached hydrogens (tertiary/aromatic N) is 1. The van der Waals surface area contributed by atoms with Crippen LogP contribution >= 0.6 is 11.6 Å². The Hall–Kier alpha value is -0.790. The van der Waals surface area contributed by atoms with Crippen LogP contribution in [0.1, 0.15) is 5.69 Å². The highest BCUT2D eigenvalue weighted by molar-refractivity contribution is 7.81. The maximum Gasteiger partial charge on any atom is 0.449 e. The van der Waals surface area contributed by atoms with E-state index >= 15 is 0 Å². The zero-order valence-electron chi connectivity index (χ0n) is 5.81. The minimum Gasteiger partial charge on any atom is -0.321 e. The average molecular weight is 214 g/mol. The molecule has 68 valence electrons. The Morgan fingerprint density at radius 1 is 1.67 bits per heavy atom. The molecule has 0 aliphatic rings. The van der Waals surface area contributed by atoms with Gasteiger partial charge >= 0.3 is 16.3 Å².